The summed E-state index contributed by atoms with van der Waals surface area (Å²) in [6, 6.07) is 8.16. The molecule has 0 unspecified atom stereocenters. The molecular formula is C22H25FN6O2S. The summed E-state index contributed by atoms with van der Waals surface area (Å²) < 4.78 is 25.5. The normalized spacial score (nSPS) is 14.4. The second kappa shape index (κ2) is 10.0. The Balaban J connectivity index is 1.59. The number of methoxy groups -OCH3 is 1. The quantitative estimate of drug-likeness (QED) is 0.576. The number of pyridine rings is 1. The number of benzene rings is 1. The lowest BCUT2D eigenvalue weighted by atomic mass is 10.2. The number of anilines is 2. The van der Waals surface area contributed by atoms with Crippen molar-refractivity contribution in [3.05, 3.63) is 54.1 Å². The summed E-state index contributed by atoms with van der Waals surface area (Å²) in [4.78, 5) is 19.3. The van der Waals surface area contributed by atoms with Gasteiger partial charge in [-0.2, -0.15) is 4.98 Å². The van der Waals surface area contributed by atoms with E-state index in [9.17, 15) is 4.39 Å². The molecule has 1 saturated heterocycles. The standard InChI is InChI=1S/C22H25FN6O2S/c1-28-7-9-29(10-8-28)22-26-13-19(32-17-4-6-20(24)25-12-17)21(27-22)31-14-15-11-16(30-2)3-5-18(15)23/h3-6,11-13H,7-10,14H2,1-2H3,(H2,24,25). The van der Waals surface area contributed by atoms with Crippen molar-refractivity contribution < 1.29 is 13.9 Å². The molecule has 1 aliphatic heterocycles. The van der Waals surface area contributed by atoms with Crippen molar-refractivity contribution in [1.29, 1.82) is 0 Å². The number of piperazine rings is 1. The molecule has 1 fully saturated rings. The molecule has 32 heavy (non-hydrogen) atoms. The van der Waals surface area contributed by atoms with E-state index < -0.39 is 0 Å². The highest BCUT2D eigenvalue weighted by Crippen LogP contribution is 2.35. The van der Waals surface area contributed by atoms with Crippen LogP contribution in [0.15, 0.2) is 52.5 Å². The molecule has 1 aliphatic rings. The predicted molar refractivity (Wildman–Crippen MR) is 122 cm³/mol. The van der Waals surface area contributed by atoms with Crippen molar-refractivity contribution in [3.8, 4) is 11.6 Å². The Labute approximate surface area is 190 Å². The number of halogens is 1. The third kappa shape index (κ3) is 5.38. The molecule has 10 heteroatoms. The van der Waals surface area contributed by atoms with Crippen LogP contribution in [0.25, 0.3) is 0 Å². The van der Waals surface area contributed by atoms with Crippen LogP contribution in [0.3, 0.4) is 0 Å². The molecule has 2 N–H and O–H groups in total. The maximum Gasteiger partial charge on any atom is 0.232 e. The lowest BCUT2D eigenvalue weighted by Crippen LogP contribution is -2.45. The summed E-state index contributed by atoms with van der Waals surface area (Å²) in [5, 5.41) is 0. The van der Waals surface area contributed by atoms with E-state index in [0.717, 1.165) is 31.1 Å². The fourth-order valence-electron chi connectivity index (χ4n) is 3.19. The van der Waals surface area contributed by atoms with Gasteiger partial charge in [0, 0.05) is 42.8 Å². The molecule has 0 amide bonds. The molecule has 0 atom stereocenters. The predicted octanol–water partition coefficient (Wildman–Crippen LogP) is 3.08. The van der Waals surface area contributed by atoms with Gasteiger partial charge in [0.2, 0.25) is 11.8 Å². The Hall–Kier alpha value is -3.11. The first-order chi connectivity index (χ1) is 15.5. The number of nitrogens with two attached hydrogens (primary N) is 1. The van der Waals surface area contributed by atoms with Gasteiger partial charge in [-0.1, -0.05) is 11.8 Å². The van der Waals surface area contributed by atoms with Crippen LogP contribution in [-0.2, 0) is 6.61 Å². The van der Waals surface area contributed by atoms with E-state index >= 15 is 0 Å². The summed E-state index contributed by atoms with van der Waals surface area (Å²) in [6.45, 7) is 3.53. The van der Waals surface area contributed by atoms with Gasteiger partial charge in [0.1, 0.15) is 24.0 Å². The molecule has 2 aromatic heterocycles. The minimum atomic E-state index is -0.365. The summed E-state index contributed by atoms with van der Waals surface area (Å²) >= 11 is 1.41. The molecule has 8 nitrogen and oxygen atoms in total. The first-order valence-electron chi connectivity index (χ1n) is 10.2. The van der Waals surface area contributed by atoms with Gasteiger partial charge in [0.25, 0.3) is 0 Å². The van der Waals surface area contributed by atoms with Gasteiger partial charge in [0.15, 0.2) is 0 Å². The van der Waals surface area contributed by atoms with Crippen LogP contribution in [0.1, 0.15) is 5.56 Å². The minimum absolute atomic E-state index is 0.00969. The highest BCUT2D eigenvalue weighted by Gasteiger charge is 2.19. The van der Waals surface area contributed by atoms with Crippen molar-refractivity contribution >= 4 is 23.5 Å². The molecule has 0 saturated carbocycles. The van der Waals surface area contributed by atoms with E-state index in [-0.39, 0.29) is 12.4 Å². The Morgan fingerprint density at radius 1 is 1.09 bits per heavy atom. The second-order valence-electron chi connectivity index (χ2n) is 7.40. The third-order valence-electron chi connectivity index (χ3n) is 5.10. The Kier molecular flexibility index (Phi) is 6.91. The van der Waals surface area contributed by atoms with Gasteiger partial charge in [-0.25, -0.2) is 14.4 Å². The zero-order chi connectivity index (χ0) is 22.5. The van der Waals surface area contributed by atoms with E-state index in [1.807, 2.05) is 6.07 Å². The van der Waals surface area contributed by atoms with Gasteiger partial charge in [0.05, 0.1) is 18.2 Å². The fourth-order valence-corrected chi connectivity index (χ4v) is 3.99. The van der Waals surface area contributed by atoms with Gasteiger partial charge < -0.3 is 25.0 Å². The minimum Gasteiger partial charge on any atom is -0.497 e. The molecule has 0 spiro atoms. The monoisotopic (exact) mass is 456 g/mol. The van der Waals surface area contributed by atoms with Crippen molar-refractivity contribution in [2.75, 3.05) is 51.0 Å². The van der Waals surface area contributed by atoms with Crippen LogP contribution in [-0.4, -0.2) is 60.2 Å². The molecule has 1 aromatic carbocycles. The summed E-state index contributed by atoms with van der Waals surface area (Å²) in [5.74, 6) is 1.63. The van der Waals surface area contributed by atoms with E-state index in [0.29, 0.717) is 33.9 Å². The summed E-state index contributed by atoms with van der Waals surface area (Å²) in [7, 11) is 3.63. The highest BCUT2D eigenvalue weighted by atomic mass is 32.2. The van der Waals surface area contributed by atoms with Crippen LogP contribution in [0.2, 0.25) is 0 Å². The van der Waals surface area contributed by atoms with Crippen molar-refractivity contribution in [1.82, 2.24) is 19.9 Å². The summed E-state index contributed by atoms with van der Waals surface area (Å²) in [5.41, 5.74) is 6.07. The van der Waals surface area contributed by atoms with Gasteiger partial charge >= 0.3 is 0 Å². The van der Waals surface area contributed by atoms with Crippen molar-refractivity contribution in [3.63, 3.8) is 0 Å². The van der Waals surface area contributed by atoms with Crippen molar-refractivity contribution in [2.45, 2.75) is 16.4 Å². The van der Waals surface area contributed by atoms with E-state index in [1.54, 1.807) is 37.7 Å². The largest absolute Gasteiger partial charge is 0.497 e. The average molecular weight is 457 g/mol. The van der Waals surface area contributed by atoms with Crippen LogP contribution in [0.4, 0.5) is 16.2 Å². The Morgan fingerprint density at radius 2 is 1.91 bits per heavy atom. The molecule has 0 radical (unpaired) electrons. The maximum absolute atomic E-state index is 14.3. The molecule has 3 heterocycles. The number of nitrogen functional groups attached to an aromatic ring is 1. The number of ether oxygens (including phenoxy) is 2. The van der Waals surface area contributed by atoms with Crippen LogP contribution in [0, 0.1) is 5.82 Å². The van der Waals surface area contributed by atoms with E-state index in [2.05, 4.69) is 31.8 Å². The van der Waals surface area contributed by atoms with Gasteiger partial charge in [-0.05, 0) is 37.4 Å². The highest BCUT2D eigenvalue weighted by molar-refractivity contribution is 7.99. The van der Waals surface area contributed by atoms with Gasteiger partial charge in [-0.15, -0.1) is 0 Å². The number of hydrogen-bond donors (Lipinski definition) is 1. The average Bonchev–Trinajstić information content (AvgIpc) is 2.81. The van der Waals surface area contributed by atoms with E-state index in [4.69, 9.17) is 15.2 Å². The summed E-state index contributed by atoms with van der Waals surface area (Å²) in [6.07, 6.45) is 3.42. The molecule has 0 aliphatic carbocycles. The van der Waals surface area contributed by atoms with E-state index in [1.165, 1.54) is 17.8 Å². The number of rotatable bonds is 7. The second-order valence-corrected chi connectivity index (χ2v) is 8.51. The molecule has 3 aromatic rings. The Morgan fingerprint density at radius 3 is 2.62 bits per heavy atom. The van der Waals surface area contributed by atoms with Crippen LogP contribution >= 0.6 is 11.8 Å². The fraction of sp³-hybridized carbons (Fsp3) is 0.318. The third-order valence-corrected chi connectivity index (χ3v) is 6.08. The first-order valence-corrected chi connectivity index (χ1v) is 11.0. The molecular weight excluding hydrogens is 431 g/mol. The zero-order valence-electron chi connectivity index (χ0n) is 18.0. The first kappa shape index (κ1) is 22.1. The maximum atomic E-state index is 14.3. The number of likely N-dealkylation sites (N-methyl/N-ethyl adjacent to an activating group) is 1. The number of nitrogens with zero attached hydrogens (tertiary/aromatic N) is 5. The zero-order valence-corrected chi connectivity index (χ0v) is 18.8. The number of hydrogen-bond acceptors (Lipinski definition) is 9. The van der Waals surface area contributed by atoms with Gasteiger partial charge in [-0.3, -0.25) is 0 Å². The molecule has 168 valence electrons. The number of aromatic nitrogens is 3. The topological polar surface area (TPSA) is 89.6 Å². The SMILES string of the molecule is COc1ccc(F)c(COc2nc(N3CCN(C)CC3)ncc2Sc2ccc(N)nc2)c1. The molecule has 4 rings (SSSR count). The lowest BCUT2D eigenvalue weighted by molar-refractivity contribution is 0.277. The van der Waals surface area contributed by atoms with Crippen LogP contribution in [0.5, 0.6) is 11.6 Å². The Bertz CT molecular complexity index is 1060. The van der Waals surface area contributed by atoms with Crippen molar-refractivity contribution in [2.24, 2.45) is 0 Å². The lowest BCUT2D eigenvalue weighted by Gasteiger charge is -2.32. The molecule has 0 bridgehead atoms. The smallest absolute Gasteiger partial charge is 0.232 e. The van der Waals surface area contributed by atoms with Crippen LogP contribution < -0.4 is 20.1 Å².